The van der Waals surface area contributed by atoms with E-state index in [2.05, 4.69) is 11.8 Å². The molecule has 1 aliphatic rings. The fourth-order valence-electron chi connectivity index (χ4n) is 4.11. The number of amides is 1. The molecule has 8 heteroatoms. The molecule has 0 radical (unpaired) electrons. The maximum absolute atomic E-state index is 13.2. The molecule has 174 valence electrons. The smallest absolute Gasteiger partial charge is 0.282 e. The van der Waals surface area contributed by atoms with Gasteiger partial charge in [-0.05, 0) is 55.8 Å². The number of carbonyl (C=O) groups excluding carboxylic acids is 1. The molecule has 4 rings (SSSR count). The molecule has 33 heavy (non-hydrogen) atoms. The highest BCUT2D eigenvalue weighted by molar-refractivity contribution is 6.30. The van der Waals surface area contributed by atoms with Crippen molar-refractivity contribution in [1.29, 1.82) is 0 Å². The second kappa shape index (κ2) is 9.85. The van der Waals surface area contributed by atoms with Gasteiger partial charge in [-0.15, -0.1) is 0 Å². The summed E-state index contributed by atoms with van der Waals surface area (Å²) in [6.07, 6.45) is 0. The maximum atomic E-state index is 13.2. The summed E-state index contributed by atoms with van der Waals surface area (Å²) in [5.74, 6) is 0.266. The van der Waals surface area contributed by atoms with Crippen molar-refractivity contribution in [2.45, 2.75) is 32.5 Å². The lowest BCUT2D eigenvalue weighted by molar-refractivity contribution is -0.139. The molecule has 0 unspecified atom stereocenters. The topological polar surface area (TPSA) is 66.2 Å². The van der Waals surface area contributed by atoms with E-state index in [-0.39, 0.29) is 36.4 Å². The summed E-state index contributed by atoms with van der Waals surface area (Å²) in [6.45, 7) is 5.95. The Kier molecular flexibility index (Phi) is 6.91. The Labute approximate surface area is 197 Å². The van der Waals surface area contributed by atoms with Crippen molar-refractivity contribution in [1.82, 2.24) is 9.80 Å². The molecule has 2 aromatic carbocycles. The van der Waals surface area contributed by atoms with Crippen LogP contribution in [0.4, 0.5) is 4.39 Å². The standard InChI is InChI=1S/C25H26ClFN2O4/c1-16-13-29(17(2)12-28(16)14-18-3-6-20(27)7-4-18)24(30)15-32-22-8-5-19(26)11-21(22)23-9-10-25(31)33-23/h3-11,16-17,31H,12-15H2,1-2H3/t16-,17+/m0/s1. The van der Waals surface area contributed by atoms with E-state index in [0.717, 1.165) is 5.56 Å². The Bertz CT molecular complexity index is 1120. The highest BCUT2D eigenvalue weighted by atomic mass is 35.5. The first kappa shape index (κ1) is 23.1. The molecule has 2 atom stereocenters. The van der Waals surface area contributed by atoms with E-state index >= 15 is 0 Å². The number of aromatic hydroxyl groups is 1. The highest BCUT2D eigenvalue weighted by Gasteiger charge is 2.32. The lowest BCUT2D eigenvalue weighted by Gasteiger charge is -2.44. The zero-order valence-corrected chi connectivity index (χ0v) is 19.3. The van der Waals surface area contributed by atoms with Gasteiger partial charge in [0.1, 0.15) is 17.3 Å². The average molecular weight is 473 g/mol. The molecular weight excluding hydrogens is 447 g/mol. The van der Waals surface area contributed by atoms with E-state index in [1.54, 1.807) is 36.4 Å². The molecule has 0 bridgehead atoms. The molecule has 1 amide bonds. The molecule has 3 aromatic rings. The molecule has 1 aliphatic heterocycles. The highest BCUT2D eigenvalue weighted by Crippen LogP contribution is 2.35. The van der Waals surface area contributed by atoms with Crippen LogP contribution in [-0.2, 0) is 11.3 Å². The number of carbonyl (C=O) groups is 1. The van der Waals surface area contributed by atoms with E-state index in [1.165, 1.54) is 18.2 Å². The minimum absolute atomic E-state index is 0.00413. The van der Waals surface area contributed by atoms with Gasteiger partial charge in [-0.25, -0.2) is 4.39 Å². The van der Waals surface area contributed by atoms with Gasteiger partial charge in [0.05, 0.1) is 5.56 Å². The van der Waals surface area contributed by atoms with Crippen molar-refractivity contribution in [2.75, 3.05) is 19.7 Å². The first-order valence-corrected chi connectivity index (χ1v) is 11.2. The van der Waals surface area contributed by atoms with E-state index in [0.29, 0.717) is 41.7 Å². The summed E-state index contributed by atoms with van der Waals surface area (Å²) in [7, 11) is 0. The summed E-state index contributed by atoms with van der Waals surface area (Å²) in [6, 6.07) is 14.7. The summed E-state index contributed by atoms with van der Waals surface area (Å²) < 4.78 is 24.3. The minimum Gasteiger partial charge on any atom is -0.483 e. The van der Waals surface area contributed by atoms with E-state index in [4.69, 9.17) is 20.8 Å². The van der Waals surface area contributed by atoms with Gasteiger partial charge in [-0.1, -0.05) is 23.7 Å². The fraction of sp³-hybridized carbons (Fsp3) is 0.320. The zero-order chi connectivity index (χ0) is 23.5. The van der Waals surface area contributed by atoms with Crippen molar-refractivity contribution in [3.8, 4) is 23.0 Å². The van der Waals surface area contributed by atoms with Gasteiger partial charge in [0, 0.05) is 42.8 Å². The van der Waals surface area contributed by atoms with Crippen LogP contribution in [0.1, 0.15) is 19.4 Å². The number of hydrogen-bond donors (Lipinski definition) is 1. The third-order valence-electron chi connectivity index (χ3n) is 5.88. The monoisotopic (exact) mass is 472 g/mol. The van der Waals surface area contributed by atoms with Gasteiger partial charge in [-0.2, -0.15) is 0 Å². The predicted molar refractivity (Wildman–Crippen MR) is 124 cm³/mol. The van der Waals surface area contributed by atoms with Gasteiger partial charge >= 0.3 is 0 Å². The number of piperazine rings is 1. The molecule has 1 fully saturated rings. The Morgan fingerprint density at radius 2 is 1.88 bits per heavy atom. The Morgan fingerprint density at radius 1 is 1.12 bits per heavy atom. The lowest BCUT2D eigenvalue weighted by Crippen LogP contribution is -2.58. The summed E-state index contributed by atoms with van der Waals surface area (Å²) >= 11 is 6.11. The quantitative estimate of drug-likeness (QED) is 0.550. The van der Waals surface area contributed by atoms with Crippen molar-refractivity contribution >= 4 is 17.5 Å². The van der Waals surface area contributed by atoms with Crippen LogP contribution < -0.4 is 4.74 Å². The number of nitrogens with zero attached hydrogens (tertiary/aromatic N) is 2. The first-order valence-electron chi connectivity index (χ1n) is 10.8. The fourth-order valence-corrected chi connectivity index (χ4v) is 4.28. The third-order valence-corrected chi connectivity index (χ3v) is 6.12. The summed E-state index contributed by atoms with van der Waals surface area (Å²) in [5.41, 5.74) is 1.60. The number of benzene rings is 2. The number of halogens is 2. The van der Waals surface area contributed by atoms with Crippen LogP contribution in [0.5, 0.6) is 11.7 Å². The zero-order valence-electron chi connectivity index (χ0n) is 18.5. The van der Waals surface area contributed by atoms with Gasteiger partial charge in [0.25, 0.3) is 11.9 Å². The van der Waals surface area contributed by atoms with Crippen molar-refractivity contribution in [3.63, 3.8) is 0 Å². The van der Waals surface area contributed by atoms with Crippen LogP contribution in [0, 0.1) is 5.82 Å². The van der Waals surface area contributed by atoms with Crippen molar-refractivity contribution in [3.05, 3.63) is 71.0 Å². The summed E-state index contributed by atoms with van der Waals surface area (Å²) in [5, 5.41) is 10.0. The van der Waals surface area contributed by atoms with Crippen LogP contribution >= 0.6 is 11.6 Å². The Balaban J connectivity index is 1.39. The Hall–Kier alpha value is -3.03. The lowest BCUT2D eigenvalue weighted by atomic mass is 10.1. The second-order valence-electron chi connectivity index (χ2n) is 8.37. The van der Waals surface area contributed by atoms with Crippen molar-refractivity contribution < 1.29 is 23.4 Å². The average Bonchev–Trinajstić information content (AvgIpc) is 3.22. The molecule has 0 saturated carbocycles. The van der Waals surface area contributed by atoms with E-state index in [9.17, 15) is 14.3 Å². The van der Waals surface area contributed by atoms with Gasteiger partial charge < -0.3 is 19.2 Å². The number of hydrogen-bond acceptors (Lipinski definition) is 5. The molecule has 2 heterocycles. The van der Waals surface area contributed by atoms with E-state index < -0.39 is 0 Å². The molecular formula is C25H26ClFN2O4. The van der Waals surface area contributed by atoms with Gasteiger partial charge in [0.2, 0.25) is 0 Å². The minimum atomic E-state index is -0.247. The van der Waals surface area contributed by atoms with Crippen LogP contribution in [-0.4, -0.2) is 52.6 Å². The molecule has 0 aliphatic carbocycles. The first-order chi connectivity index (χ1) is 15.8. The number of ether oxygens (including phenoxy) is 1. The largest absolute Gasteiger partial charge is 0.483 e. The normalized spacial score (nSPS) is 19.0. The van der Waals surface area contributed by atoms with Gasteiger partial charge in [-0.3, -0.25) is 9.69 Å². The SMILES string of the molecule is C[C@@H]1CN(Cc2ccc(F)cc2)[C@@H](C)CN1C(=O)COc1ccc(Cl)cc1-c1ccc(O)o1. The Morgan fingerprint density at radius 3 is 2.58 bits per heavy atom. The van der Waals surface area contributed by atoms with Crippen LogP contribution in [0.25, 0.3) is 11.3 Å². The summed E-state index contributed by atoms with van der Waals surface area (Å²) in [4.78, 5) is 17.1. The van der Waals surface area contributed by atoms with Crippen molar-refractivity contribution in [2.24, 2.45) is 0 Å². The van der Waals surface area contributed by atoms with Crippen LogP contribution in [0.2, 0.25) is 5.02 Å². The van der Waals surface area contributed by atoms with Gasteiger partial charge in [0.15, 0.2) is 6.61 Å². The van der Waals surface area contributed by atoms with E-state index in [1.807, 2.05) is 11.8 Å². The van der Waals surface area contributed by atoms with Crippen LogP contribution in [0.15, 0.2) is 59.0 Å². The van der Waals surface area contributed by atoms with Crippen LogP contribution in [0.3, 0.4) is 0 Å². The molecule has 0 spiro atoms. The molecule has 1 saturated heterocycles. The predicted octanol–water partition coefficient (Wildman–Crippen LogP) is 4.94. The number of rotatable bonds is 6. The molecule has 1 N–H and O–H groups in total. The number of furan rings is 1. The maximum Gasteiger partial charge on any atom is 0.282 e. The second-order valence-corrected chi connectivity index (χ2v) is 8.80. The molecule has 1 aromatic heterocycles. The molecule has 6 nitrogen and oxygen atoms in total. The third kappa shape index (κ3) is 5.49.